The van der Waals surface area contributed by atoms with Crippen molar-refractivity contribution < 1.29 is 31.9 Å². The first kappa shape index (κ1) is 31.9. The van der Waals surface area contributed by atoms with Gasteiger partial charge in [0.2, 0.25) is 11.8 Å². The summed E-state index contributed by atoms with van der Waals surface area (Å²) in [4.78, 5) is 33.9. The first-order valence-electron chi connectivity index (χ1n) is 15.1. The van der Waals surface area contributed by atoms with Gasteiger partial charge >= 0.3 is 0 Å². The van der Waals surface area contributed by atoms with Crippen molar-refractivity contribution >= 4 is 22.8 Å². The van der Waals surface area contributed by atoms with E-state index in [-0.39, 0.29) is 55.7 Å². The summed E-state index contributed by atoms with van der Waals surface area (Å²) < 4.78 is 62.2. The van der Waals surface area contributed by atoms with Crippen molar-refractivity contribution in [2.75, 3.05) is 6.61 Å². The van der Waals surface area contributed by atoms with E-state index in [0.29, 0.717) is 22.6 Å². The maximum atomic E-state index is 14.2. The van der Waals surface area contributed by atoms with Crippen LogP contribution in [0.15, 0.2) is 30.5 Å². The van der Waals surface area contributed by atoms with Gasteiger partial charge in [-0.2, -0.15) is 5.10 Å². The Morgan fingerprint density at radius 2 is 1.84 bits per heavy atom. The smallest absolute Gasteiger partial charge is 0.273 e. The van der Waals surface area contributed by atoms with Gasteiger partial charge in [0, 0.05) is 38.4 Å². The molecule has 240 valence electrons. The Kier molecular flexibility index (Phi) is 8.56. The second-order valence-corrected chi connectivity index (χ2v) is 13.1. The molecule has 1 aromatic carbocycles. The second kappa shape index (κ2) is 11.8. The van der Waals surface area contributed by atoms with Gasteiger partial charge in [-0.25, -0.2) is 22.5 Å². The summed E-state index contributed by atoms with van der Waals surface area (Å²) in [6.07, 6.45) is 2.95. The van der Waals surface area contributed by atoms with E-state index in [1.807, 2.05) is 26.0 Å². The summed E-state index contributed by atoms with van der Waals surface area (Å²) in [5.41, 5.74) is 0.527. The minimum atomic E-state index is -3.15. The Labute approximate surface area is 253 Å². The van der Waals surface area contributed by atoms with E-state index in [1.54, 1.807) is 16.8 Å². The third kappa shape index (κ3) is 7.08. The molecule has 2 atom stereocenters. The number of halogens is 4. The number of carbonyl (C=O) groups excluding carboxylic acids is 2. The predicted molar refractivity (Wildman–Crippen MR) is 155 cm³/mol. The van der Waals surface area contributed by atoms with Gasteiger partial charge < -0.3 is 20.4 Å². The molecule has 0 radical (unpaired) electrons. The van der Waals surface area contributed by atoms with E-state index in [0.717, 1.165) is 25.3 Å². The van der Waals surface area contributed by atoms with E-state index in [9.17, 15) is 27.2 Å². The Morgan fingerprint density at radius 3 is 2.45 bits per heavy atom. The molecule has 44 heavy (non-hydrogen) atoms. The molecule has 2 amide bonds. The van der Waals surface area contributed by atoms with Crippen LogP contribution in [0.5, 0.6) is 0 Å². The highest BCUT2D eigenvalue weighted by atomic mass is 19.3. The number of rotatable bonds is 13. The quantitative estimate of drug-likeness (QED) is 0.195. The molecule has 2 aliphatic rings. The minimum absolute atomic E-state index is 0.0690. The number of nitrogens with zero attached hydrogens (tertiary/aromatic N) is 3. The van der Waals surface area contributed by atoms with E-state index >= 15 is 0 Å². The van der Waals surface area contributed by atoms with Crippen LogP contribution in [0.4, 0.5) is 17.6 Å². The van der Waals surface area contributed by atoms with Gasteiger partial charge in [0.25, 0.3) is 11.8 Å². The number of benzene rings is 1. The maximum absolute atomic E-state index is 14.2. The van der Waals surface area contributed by atoms with Crippen LogP contribution < -0.4 is 10.6 Å². The van der Waals surface area contributed by atoms with Crippen LogP contribution in [0, 0.1) is 11.8 Å². The molecule has 13 heteroatoms. The molecule has 9 nitrogen and oxygen atoms in total. The van der Waals surface area contributed by atoms with Crippen LogP contribution in [0.3, 0.4) is 0 Å². The lowest BCUT2D eigenvalue weighted by molar-refractivity contribution is -0.183. The van der Waals surface area contributed by atoms with Crippen LogP contribution in [0.25, 0.3) is 11.0 Å². The Morgan fingerprint density at radius 1 is 1.14 bits per heavy atom. The summed E-state index contributed by atoms with van der Waals surface area (Å²) in [6, 6.07) is 5.82. The molecule has 0 spiro atoms. The fourth-order valence-electron chi connectivity index (χ4n) is 5.48. The number of ether oxygens (including phenoxy) is 1. The average Bonchev–Trinajstić information content (AvgIpc) is 3.45. The molecule has 2 fully saturated rings. The van der Waals surface area contributed by atoms with Crippen molar-refractivity contribution in [1.82, 2.24) is 30.4 Å². The van der Waals surface area contributed by atoms with Crippen molar-refractivity contribution in [1.29, 1.82) is 0 Å². The fourth-order valence-corrected chi connectivity index (χ4v) is 5.48. The van der Waals surface area contributed by atoms with Gasteiger partial charge in [-0.05, 0) is 76.1 Å². The lowest BCUT2D eigenvalue weighted by Crippen LogP contribution is -2.45. The number of H-pyrrole nitrogens is 1. The minimum Gasteiger partial charge on any atom is -0.367 e. The summed E-state index contributed by atoms with van der Waals surface area (Å²) in [6.45, 7) is 6.83. The first-order chi connectivity index (χ1) is 20.5. The molecule has 0 bridgehead atoms. The SMILES string of the molecule is CC(C)n1nccc1C(=O)N[C@@H](COC(C)(C)C(C)(F)F)c1nc2ccc(C(NC(=O)CC3CC(F)(F)C3)C3CC3)cc2[nH]1. The Hall–Kier alpha value is -3.48. The number of hydrogen-bond acceptors (Lipinski definition) is 5. The lowest BCUT2D eigenvalue weighted by atomic mass is 9.79. The van der Waals surface area contributed by atoms with Gasteiger partial charge in [0.15, 0.2) is 0 Å². The maximum Gasteiger partial charge on any atom is 0.273 e. The number of alkyl halides is 4. The first-order valence-corrected chi connectivity index (χ1v) is 15.1. The fraction of sp³-hybridized carbons (Fsp3) is 0.613. The van der Waals surface area contributed by atoms with Crippen LogP contribution in [-0.2, 0) is 9.53 Å². The monoisotopic (exact) mass is 620 g/mol. The molecule has 2 heterocycles. The molecule has 5 rings (SSSR count). The average molecular weight is 621 g/mol. The molecule has 2 saturated carbocycles. The zero-order valence-corrected chi connectivity index (χ0v) is 25.6. The van der Waals surface area contributed by atoms with Crippen molar-refractivity contribution in [3.8, 4) is 0 Å². The Bertz CT molecular complexity index is 1500. The summed E-state index contributed by atoms with van der Waals surface area (Å²) in [5, 5.41) is 10.1. The molecule has 2 aliphatic carbocycles. The predicted octanol–water partition coefficient (Wildman–Crippen LogP) is 6.26. The Balaban J connectivity index is 1.37. The number of fused-ring (bicyclic) bond motifs is 1. The van der Waals surface area contributed by atoms with E-state index in [4.69, 9.17) is 4.74 Å². The second-order valence-electron chi connectivity index (χ2n) is 13.1. The van der Waals surface area contributed by atoms with Crippen molar-refractivity contribution in [3.63, 3.8) is 0 Å². The van der Waals surface area contributed by atoms with E-state index < -0.39 is 29.4 Å². The number of amides is 2. The van der Waals surface area contributed by atoms with Crippen molar-refractivity contribution in [3.05, 3.63) is 47.5 Å². The summed E-state index contributed by atoms with van der Waals surface area (Å²) in [7, 11) is 0. The van der Waals surface area contributed by atoms with Gasteiger partial charge in [0.1, 0.15) is 23.2 Å². The number of carbonyl (C=O) groups is 2. The summed E-state index contributed by atoms with van der Waals surface area (Å²) in [5.74, 6) is -6.29. The standard InChI is InChI=1S/C31H40F4N6O3/c1-17(2)41-24(10-11-36-41)28(43)39-23(16-44-29(3,4)30(5,32)33)27-37-21-9-8-20(13-22(21)38-27)26(19-6-7-19)40-25(42)12-18-14-31(34,35)15-18/h8-11,13,17-19,23,26H,6-7,12,14-16H2,1-5H3,(H,37,38)(H,39,43)(H,40,42)/t23-,26?/m0/s1. The van der Waals surface area contributed by atoms with Gasteiger partial charge in [0.05, 0.1) is 23.7 Å². The van der Waals surface area contributed by atoms with Gasteiger partial charge in [-0.3, -0.25) is 14.3 Å². The largest absolute Gasteiger partial charge is 0.367 e. The molecule has 1 unspecified atom stereocenters. The van der Waals surface area contributed by atoms with E-state index in [1.165, 1.54) is 20.0 Å². The zero-order valence-electron chi connectivity index (χ0n) is 25.6. The van der Waals surface area contributed by atoms with Crippen LogP contribution in [-0.4, -0.2) is 55.6 Å². The third-order valence-electron chi connectivity index (χ3n) is 8.64. The van der Waals surface area contributed by atoms with Crippen molar-refractivity contribution in [2.24, 2.45) is 11.8 Å². The number of aromatic amines is 1. The third-order valence-corrected chi connectivity index (χ3v) is 8.64. The van der Waals surface area contributed by atoms with Gasteiger partial charge in [-0.15, -0.1) is 0 Å². The highest BCUT2D eigenvalue weighted by Crippen LogP contribution is 2.45. The molecule has 2 aromatic heterocycles. The molecular formula is C31H40F4N6O3. The van der Waals surface area contributed by atoms with Crippen LogP contribution in [0.1, 0.15) is 107 Å². The molecular weight excluding hydrogens is 580 g/mol. The number of nitrogens with one attached hydrogen (secondary N) is 3. The number of hydrogen-bond donors (Lipinski definition) is 3. The topological polar surface area (TPSA) is 114 Å². The molecule has 3 N–H and O–H groups in total. The molecule has 0 aliphatic heterocycles. The molecule has 0 saturated heterocycles. The summed E-state index contributed by atoms with van der Waals surface area (Å²) >= 11 is 0. The molecule has 3 aromatic rings. The number of aromatic nitrogens is 4. The normalized spacial score (nSPS) is 18.7. The highest BCUT2D eigenvalue weighted by molar-refractivity contribution is 5.92. The zero-order chi connectivity index (χ0) is 32.0. The van der Waals surface area contributed by atoms with Crippen LogP contribution >= 0.6 is 0 Å². The van der Waals surface area contributed by atoms with Crippen molar-refractivity contribution in [2.45, 2.75) is 102 Å². The van der Waals surface area contributed by atoms with Crippen LogP contribution in [0.2, 0.25) is 0 Å². The highest BCUT2D eigenvalue weighted by Gasteiger charge is 2.46. The lowest BCUT2D eigenvalue weighted by Gasteiger charge is -2.34. The van der Waals surface area contributed by atoms with Gasteiger partial charge in [-0.1, -0.05) is 6.07 Å². The number of imidazole rings is 1. The van der Waals surface area contributed by atoms with E-state index in [2.05, 4.69) is 25.7 Å².